The number of hydrogen-bond donors (Lipinski definition) is 2. The molecule has 0 saturated carbocycles. The van der Waals surface area contributed by atoms with Gasteiger partial charge in [0.25, 0.3) is 0 Å². The number of carbonyl (C=O) groups is 1. The molecule has 0 aromatic heterocycles. The molecule has 1 unspecified atom stereocenters. The highest BCUT2D eigenvalue weighted by molar-refractivity contribution is 5.71. The molecule has 1 atom stereocenters. The number of aliphatic hydroxyl groups is 1. The molecule has 1 heterocycles. The van der Waals surface area contributed by atoms with Crippen LogP contribution in [0.15, 0.2) is 24.3 Å². The predicted molar refractivity (Wildman–Crippen MR) is 73.6 cm³/mol. The monoisotopic (exact) mass is 281 g/mol. The van der Waals surface area contributed by atoms with E-state index in [1.807, 2.05) is 0 Å². The van der Waals surface area contributed by atoms with Gasteiger partial charge in [-0.1, -0.05) is 12.1 Å². The summed E-state index contributed by atoms with van der Waals surface area (Å²) in [5.41, 5.74) is 5.97. The third-order valence-electron chi connectivity index (χ3n) is 3.59. The van der Waals surface area contributed by atoms with E-state index < -0.39 is 12.1 Å². The fourth-order valence-electron chi connectivity index (χ4n) is 2.41. The smallest absolute Gasteiger partial charge is 0.314 e. The summed E-state index contributed by atoms with van der Waals surface area (Å²) >= 11 is 0. The maximum absolute atomic E-state index is 12.8. The van der Waals surface area contributed by atoms with E-state index >= 15 is 0 Å². The summed E-state index contributed by atoms with van der Waals surface area (Å²) in [5.74, 6) is -0.312. The Balaban J connectivity index is 1.89. The van der Waals surface area contributed by atoms with Crippen molar-refractivity contribution in [3.8, 4) is 0 Å². The summed E-state index contributed by atoms with van der Waals surface area (Å²) in [6.07, 6.45) is 0.176. The molecule has 2 amide bonds. The van der Waals surface area contributed by atoms with Crippen LogP contribution in [0.5, 0.6) is 0 Å². The summed E-state index contributed by atoms with van der Waals surface area (Å²) < 4.78 is 12.8. The normalized spacial score (nSPS) is 18.6. The van der Waals surface area contributed by atoms with E-state index in [1.165, 1.54) is 12.1 Å². The van der Waals surface area contributed by atoms with E-state index in [1.54, 1.807) is 17.0 Å². The van der Waals surface area contributed by atoms with Crippen LogP contribution in [0.3, 0.4) is 0 Å². The van der Waals surface area contributed by atoms with E-state index in [9.17, 15) is 14.3 Å². The first-order valence-electron chi connectivity index (χ1n) is 6.76. The second kappa shape index (κ2) is 6.67. The zero-order valence-corrected chi connectivity index (χ0v) is 11.3. The number of hydrogen-bond acceptors (Lipinski definition) is 3. The number of carbonyl (C=O) groups excluding carboxylic acids is 1. The number of aliphatic hydroxyl groups excluding tert-OH is 1. The SMILES string of the molecule is NC(=O)N1CCCN(CC(O)c2ccc(F)cc2)CC1. The molecule has 2 rings (SSSR count). The fraction of sp³-hybridized carbons (Fsp3) is 0.500. The molecule has 1 aromatic rings. The quantitative estimate of drug-likeness (QED) is 0.866. The molecular weight excluding hydrogens is 261 g/mol. The first-order chi connectivity index (χ1) is 9.56. The Morgan fingerprint density at radius 1 is 1.25 bits per heavy atom. The van der Waals surface area contributed by atoms with Gasteiger partial charge in [0, 0.05) is 32.7 Å². The van der Waals surface area contributed by atoms with Gasteiger partial charge in [0.2, 0.25) is 0 Å². The molecule has 1 aliphatic heterocycles. The molecule has 0 spiro atoms. The van der Waals surface area contributed by atoms with Crippen LogP contribution in [0.25, 0.3) is 0 Å². The molecule has 0 aliphatic carbocycles. The number of nitrogens with two attached hydrogens (primary N) is 1. The van der Waals surface area contributed by atoms with Crippen LogP contribution < -0.4 is 5.73 Å². The Morgan fingerprint density at radius 2 is 1.95 bits per heavy atom. The molecule has 0 radical (unpaired) electrons. The molecule has 1 fully saturated rings. The number of β-amino-alcohol motifs (C(OH)–C–C–N with tert-alkyl or cyclic N) is 1. The lowest BCUT2D eigenvalue weighted by Crippen LogP contribution is -2.39. The van der Waals surface area contributed by atoms with Gasteiger partial charge in [0.05, 0.1) is 6.10 Å². The standard InChI is InChI=1S/C14H20FN3O2/c15-12-4-2-11(3-5-12)13(19)10-17-6-1-7-18(9-8-17)14(16)20/h2-5,13,19H,1,6-10H2,(H2,16,20). The van der Waals surface area contributed by atoms with Gasteiger partial charge in [-0.15, -0.1) is 0 Å². The zero-order chi connectivity index (χ0) is 14.5. The van der Waals surface area contributed by atoms with Crippen LogP contribution in [0.1, 0.15) is 18.1 Å². The van der Waals surface area contributed by atoms with Crippen LogP contribution in [0.2, 0.25) is 0 Å². The third kappa shape index (κ3) is 3.91. The lowest BCUT2D eigenvalue weighted by atomic mass is 10.1. The Hall–Kier alpha value is -1.66. The van der Waals surface area contributed by atoms with Crippen molar-refractivity contribution in [3.05, 3.63) is 35.6 Å². The highest BCUT2D eigenvalue weighted by Crippen LogP contribution is 2.16. The predicted octanol–water partition coefficient (Wildman–Crippen LogP) is 0.945. The van der Waals surface area contributed by atoms with Crippen molar-refractivity contribution in [2.45, 2.75) is 12.5 Å². The Morgan fingerprint density at radius 3 is 2.60 bits per heavy atom. The summed E-state index contributed by atoms with van der Waals surface area (Å²) in [4.78, 5) is 14.8. The van der Waals surface area contributed by atoms with Crippen LogP contribution in [-0.2, 0) is 0 Å². The van der Waals surface area contributed by atoms with Crippen LogP contribution in [0.4, 0.5) is 9.18 Å². The molecule has 0 bridgehead atoms. The number of benzene rings is 1. The molecule has 6 heteroatoms. The maximum Gasteiger partial charge on any atom is 0.314 e. The second-order valence-corrected chi connectivity index (χ2v) is 5.05. The Labute approximate surface area is 117 Å². The number of primary amides is 1. The Kier molecular flexibility index (Phi) is 4.92. The highest BCUT2D eigenvalue weighted by Gasteiger charge is 2.19. The van der Waals surface area contributed by atoms with Gasteiger partial charge >= 0.3 is 6.03 Å². The molecule has 5 nitrogen and oxygen atoms in total. The van der Waals surface area contributed by atoms with Crippen molar-refractivity contribution in [3.63, 3.8) is 0 Å². The van der Waals surface area contributed by atoms with Gasteiger partial charge < -0.3 is 15.7 Å². The molecule has 1 aromatic carbocycles. The molecule has 1 saturated heterocycles. The van der Waals surface area contributed by atoms with E-state index in [0.717, 1.165) is 13.0 Å². The minimum Gasteiger partial charge on any atom is -0.387 e. The average molecular weight is 281 g/mol. The van der Waals surface area contributed by atoms with Gasteiger partial charge in [0.15, 0.2) is 0 Å². The lowest BCUT2D eigenvalue weighted by Gasteiger charge is -2.23. The van der Waals surface area contributed by atoms with Gasteiger partial charge in [-0.3, -0.25) is 4.90 Å². The van der Waals surface area contributed by atoms with Crippen LogP contribution in [-0.4, -0.2) is 53.7 Å². The minimum absolute atomic E-state index is 0.312. The van der Waals surface area contributed by atoms with Crippen LogP contribution >= 0.6 is 0 Å². The number of urea groups is 1. The van der Waals surface area contributed by atoms with Gasteiger partial charge in [-0.25, -0.2) is 9.18 Å². The number of amides is 2. The maximum atomic E-state index is 12.8. The topological polar surface area (TPSA) is 69.8 Å². The van der Waals surface area contributed by atoms with E-state index in [0.29, 0.717) is 31.7 Å². The van der Waals surface area contributed by atoms with Gasteiger partial charge in [-0.05, 0) is 24.1 Å². The molecule has 1 aliphatic rings. The largest absolute Gasteiger partial charge is 0.387 e. The van der Waals surface area contributed by atoms with Crippen LogP contribution in [0, 0.1) is 5.82 Å². The number of rotatable bonds is 3. The third-order valence-corrected chi connectivity index (χ3v) is 3.59. The van der Waals surface area contributed by atoms with Crippen molar-refractivity contribution in [2.75, 3.05) is 32.7 Å². The van der Waals surface area contributed by atoms with Gasteiger partial charge in [0.1, 0.15) is 5.82 Å². The van der Waals surface area contributed by atoms with Crippen molar-refractivity contribution in [2.24, 2.45) is 5.73 Å². The molecule has 3 N–H and O–H groups in total. The van der Waals surface area contributed by atoms with E-state index in [4.69, 9.17) is 5.73 Å². The average Bonchev–Trinajstić information content (AvgIpc) is 2.65. The molecule has 110 valence electrons. The summed E-state index contributed by atoms with van der Waals surface area (Å²) in [5, 5.41) is 10.2. The summed E-state index contributed by atoms with van der Waals surface area (Å²) in [6, 6.07) is 5.47. The molecule has 20 heavy (non-hydrogen) atoms. The fourth-order valence-corrected chi connectivity index (χ4v) is 2.41. The first-order valence-corrected chi connectivity index (χ1v) is 6.76. The summed E-state index contributed by atoms with van der Waals surface area (Å²) in [7, 11) is 0. The van der Waals surface area contributed by atoms with Crippen molar-refractivity contribution >= 4 is 6.03 Å². The highest BCUT2D eigenvalue weighted by atomic mass is 19.1. The van der Waals surface area contributed by atoms with Crippen molar-refractivity contribution in [1.82, 2.24) is 9.80 Å². The summed E-state index contributed by atoms with van der Waals surface area (Å²) in [6.45, 7) is 3.19. The van der Waals surface area contributed by atoms with E-state index in [-0.39, 0.29) is 5.82 Å². The Bertz CT molecular complexity index is 452. The lowest BCUT2D eigenvalue weighted by molar-refractivity contribution is 0.115. The van der Waals surface area contributed by atoms with Gasteiger partial charge in [-0.2, -0.15) is 0 Å². The van der Waals surface area contributed by atoms with E-state index in [2.05, 4.69) is 4.90 Å². The zero-order valence-electron chi connectivity index (χ0n) is 11.3. The van der Waals surface area contributed by atoms with Crippen molar-refractivity contribution < 1.29 is 14.3 Å². The minimum atomic E-state index is -0.657. The number of nitrogens with zero attached hydrogens (tertiary/aromatic N) is 2. The van der Waals surface area contributed by atoms with Crippen molar-refractivity contribution in [1.29, 1.82) is 0 Å². The second-order valence-electron chi connectivity index (χ2n) is 5.05. The first kappa shape index (κ1) is 14.7. The molecular formula is C14H20FN3O2. The number of halogens is 1.